The van der Waals surface area contributed by atoms with Crippen molar-refractivity contribution in [2.75, 3.05) is 6.54 Å². The van der Waals surface area contributed by atoms with Gasteiger partial charge in [-0.25, -0.2) is 0 Å². The fourth-order valence-electron chi connectivity index (χ4n) is 2.52. The first kappa shape index (κ1) is 19.5. The van der Waals surface area contributed by atoms with Gasteiger partial charge in [0.15, 0.2) is 5.17 Å². The molecular weight excluding hydrogens is 376 g/mol. The Balaban J connectivity index is 1.88. The van der Waals surface area contributed by atoms with Gasteiger partial charge in [0.25, 0.3) is 5.91 Å². The third-order valence-electron chi connectivity index (χ3n) is 4.05. The Morgan fingerprint density at radius 3 is 2.59 bits per heavy atom. The van der Waals surface area contributed by atoms with Crippen LogP contribution in [0.1, 0.15) is 42.8 Å². The van der Waals surface area contributed by atoms with Crippen LogP contribution >= 0.6 is 23.1 Å². The SMILES string of the molecule is C=CCN1C(=O)/C(=C\c2ccc(C(C)C)cc2)SC1=Nc1nnc(CC)s1. The number of aryl methyl sites for hydroxylation is 1. The number of carbonyl (C=O) groups excluding carboxylic acids is 1. The van der Waals surface area contributed by atoms with Crippen LogP contribution in [0.3, 0.4) is 0 Å². The molecule has 2 aromatic rings. The minimum Gasteiger partial charge on any atom is -0.282 e. The van der Waals surface area contributed by atoms with Gasteiger partial charge < -0.3 is 0 Å². The number of rotatable bonds is 6. The zero-order chi connectivity index (χ0) is 19.4. The van der Waals surface area contributed by atoms with Gasteiger partial charge in [-0.2, -0.15) is 4.99 Å². The molecular formula is C20H22N4OS2. The lowest BCUT2D eigenvalue weighted by Crippen LogP contribution is -2.29. The van der Waals surface area contributed by atoms with Crippen molar-refractivity contribution in [1.29, 1.82) is 0 Å². The molecule has 1 aromatic heterocycles. The highest BCUT2D eigenvalue weighted by Gasteiger charge is 2.32. The van der Waals surface area contributed by atoms with E-state index in [9.17, 15) is 4.79 Å². The Morgan fingerprint density at radius 1 is 1.26 bits per heavy atom. The molecule has 1 amide bonds. The minimum absolute atomic E-state index is 0.0631. The molecule has 0 unspecified atom stereocenters. The largest absolute Gasteiger partial charge is 0.282 e. The standard InChI is InChI=1S/C20H22N4OS2/c1-5-11-24-18(25)16(12-14-7-9-15(10-8-14)13(3)4)26-20(24)21-19-23-22-17(6-2)27-19/h5,7-10,12-13H,1,6,11H2,2-4H3/b16-12+,21-20?. The number of nitrogens with zero attached hydrogens (tertiary/aromatic N) is 4. The van der Waals surface area contributed by atoms with E-state index in [1.54, 1.807) is 11.0 Å². The van der Waals surface area contributed by atoms with E-state index in [4.69, 9.17) is 0 Å². The van der Waals surface area contributed by atoms with E-state index in [0.717, 1.165) is 17.0 Å². The van der Waals surface area contributed by atoms with Crippen molar-refractivity contribution in [1.82, 2.24) is 15.1 Å². The lowest BCUT2D eigenvalue weighted by atomic mass is 10.0. The molecule has 0 bridgehead atoms. The molecule has 0 radical (unpaired) electrons. The van der Waals surface area contributed by atoms with E-state index in [0.29, 0.717) is 27.7 Å². The van der Waals surface area contributed by atoms with Gasteiger partial charge in [0.05, 0.1) is 4.91 Å². The maximum Gasteiger partial charge on any atom is 0.267 e. The molecule has 1 saturated heterocycles. The summed E-state index contributed by atoms with van der Waals surface area (Å²) in [4.78, 5) is 19.6. The van der Waals surface area contributed by atoms with Gasteiger partial charge in [0.1, 0.15) is 5.01 Å². The van der Waals surface area contributed by atoms with Gasteiger partial charge >= 0.3 is 0 Å². The maximum atomic E-state index is 12.8. The Labute approximate surface area is 167 Å². The summed E-state index contributed by atoms with van der Waals surface area (Å²) in [5, 5.41) is 10.3. The first-order valence-electron chi connectivity index (χ1n) is 8.85. The van der Waals surface area contributed by atoms with Crippen molar-refractivity contribution in [2.45, 2.75) is 33.1 Å². The zero-order valence-electron chi connectivity index (χ0n) is 15.7. The van der Waals surface area contributed by atoms with Crippen molar-refractivity contribution in [3.63, 3.8) is 0 Å². The molecule has 0 spiro atoms. The van der Waals surface area contributed by atoms with Crippen LogP contribution in [0.15, 0.2) is 46.8 Å². The van der Waals surface area contributed by atoms with E-state index in [1.165, 1.54) is 28.7 Å². The molecule has 7 heteroatoms. The second-order valence-corrected chi connectivity index (χ2v) is 8.41. The average Bonchev–Trinajstić information content (AvgIpc) is 3.22. The molecule has 140 valence electrons. The summed E-state index contributed by atoms with van der Waals surface area (Å²) in [5.74, 6) is 0.419. The lowest BCUT2D eigenvalue weighted by Gasteiger charge is -2.11. The van der Waals surface area contributed by atoms with Crippen LogP contribution in [0, 0.1) is 0 Å². The number of aromatic nitrogens is 2. The number of hydrogen-bond acceptors (Lipinski definition) is 6. The molecule has 1 fully saturated rings. The molecule has 0 N–H and O–H groups in total. The average molecular weight is 399 g/mol. The predicted octanol–water partition coefficient (Wildman–Crippen LogP) is 5.01. The van der Waals surface area contributed by atoms with Crippen LogP contribution in [0.2, 0.25) is 0 Å². The van der Waals surface area contributed by atoms with E-state index >= 15 is 0 Å². The molecule has 1 aromatic carbocycles. The number of amidine groups is 1. The minimum atomic E-state index is -0.0631. The second-order valence-electron chi connectivity index (χ2n) is 6.36. The molecule has 1 aliphatic rings. The summed E-state index contributed by atoms with van der Waals surface area (Å²) in [6.45, 7) is 10.5. The molecule has 0 aliphatic carbocycles. The number of thioether (sulfide) groups is 1. The molecule has 3 rings (SSSR count). The predicted molar refractivity (Wildman–Crippen MR) is 114 cm³/mol. The Hall–Kier alpha value is -2.25. The zero-order valence-corrected chi connectivity index (χ0v) is 17.3. The highest BCUT2D eigenvalue weighted by molar-refractivity contribution is 8.18. The van der Waals surface area contributed by atoms with E-state index in [2.05, 4.69) is 47.7 Å². The second kappa shape index (κ2) is 8.63. The van der Waals surface area contributed by atoms with E-state index in [1.807, 2.05) is 25.1 Å². The van der Waals surface area contributed by atoms with Gasteiger partial charge in [-0.15, -0.1) is 16.8 Å². The van der Waals surface area contributed by atoms with Gasteiger partial charge in [-0.1, -0.05) is 62.4 Å². The van der Waals surface area contributed by atoms with Crippen LogP contribution in [0.25, 0.3) is 6.08 Å². The topological polar surface area (TPSA) is 58.5 Å². The van der Waals surface area contributed by atoms with Crippen molar-refractivity contribution in [2.24, 2.45) is 4.99 Å². The van der Waals surface area contributed by atoms with Crippen LogP contribution in [-0.4, -0.2) is 32.7 Å². The number of hydrogen-bond donors (Lipinski definition) is 0. The molecule has 0 saturated carbocycles. The van der Waals surface area contributed by atoms with E-state index in [-0.39, 0.29) is 5.91 Å². The summed E-state index contributed by atoms with van der Waals surface area (Å²) in [7, 11) is 0. The Kier molecular flexibility index (Phi) is 6.23. The van der Waals surface area contributed by atoms with Crippen LogP contribution in [0.5, 0.6) is 0 Å². The van der Waals surface area contributed by atoms with Crippen molar-refractivity contribution in [3.8, 4) is 0 Å². The molecule has 27 heavy (non-hydrogen) atoms. The third-order valence-corrected chi connectivity index (χ3v) is 6.02. The summed E-state index contributed by atoms with van der Waals surface area (Å²) < 4.78 is 0. The fraction of sp³-hybridized carbons (Fsp3) is 0.300. The smallest absolute Gasteiger partial charge is 0.267 e. The molecule has 5 nitrogen and oxygen atoms in total. The molecule has 1 aliphatic heterocycles. The van der Waals surface area contributed by atoms with Crippen LogP contribution in [-0.2, 0) is 11.2 Å². The van der Waals surface area contributed by atoms with Crippen LogP contribution in [0.4, 0.5) is 5.13 Å². The van der Waals surface area contributed by atoms with Crippen LogP contribution < -0.4 is 0 Å². The van der Waals surface area contributed by atoms with Gasteiger partial charge in [-0.05, 0) is 41.3 Å². The number of benzene rings is 1. The normalized spacial score (nSPS) is 17.5. The molecule has 2 heterocycles. The summed E-state index contributed by atoms with van der Waals surface area (Å²) in [6.07, 6.45) is 4.43. The Bertz CT molecular complexity index is 897. The monoisotopic (exact) mass is 398 g/mol. The highest BCUT2D eigenvalue weighted by atomic mass is 32.2. The summed E-state index contributed by atoms with van der Waals surface area (Å²) >= 11 is 2.81. The number of amides is 1. The van der Waals surface area contributed by atoms with Crippen molar-refractivity contribution < 1.29 is 4.79 Å². The lowest BCUT2D eigenvalue weighted by molar-refractivity contribution is -0.121. The maximum absolute atomic E-state index is 12.8. The third kappa shape index (κ3) is 4.54. The first-order chi connectivity index (χ1) is 13.0. The highest BCUT2D eigenvalue weighted by Crippen LogP contribution is 2.34. The van der Waals surface area contributed by atoms with Gasteiger partial charge in [-0.3, -0.25) is 9.69 Å². The van der Waals surface area contributed by atoms with Crippen molar-refractivity contribution in [3.05, 3.63) is 58.0 Å². The first-order valence-corrected chi connectivity index (χ1v) is 10.5. The fourth-order valence-corrected chi connectivity index (χ4v) is 4.22. The van der Waals surface area contributed by atoms with Crippen molar-refractivity contribution >= 4 is 45.4 Å². The number of carbonyl (C=O) groups is 1. The van der Waals surface area contributed by atoms with E-state index < -0.39 is 0 Å². The summed E-state index contributed by atoms with van der Waals surface area (Å²) in [5.41, 5.74) is 2.28. The van der Waals surface area contributed by atoms with Gasteiger partial charge in [0.2, 0.25) is 5.13 Å². The Morgan fingerprint density at radius 2 is 2.00 bits per heavy atom. The van der Waals surface area contributed by atoms with Gasteiger partial charge in [0, 0.05) is 6.54 Å². The molecule has 0 atom stereocenters. The summed E-state index contributed by atoms with van der Waals surface area (Å²) in [6, 6.07) is 8.29. The number of aliphatic imine (C=N–C) groups is 1. The quantitative estimate of drug-likeness (QED) is 0.507.